The van der Waals surface area contributed by atoms with E-state index in [1.165, 1.54) is 0 Å². The van der Waals surface area contributed by atoms with E-state index in [2.05, 4.69) is 31.7 Å². The highest BCUT2D eigenvalue weighted by molar-refractivity contribution is 7.98. The number of nitrogens with zero attached hydrogens (tertiary/aromatic N) is 4. The van der Waals surface area contributed by atoms with Crippen LogP contribution in [0.3, 0.4) is 0 Å². The highest BCUT2D eigenvalue weighted by Crippen LogP contribution is 2.32. The number of ether oxygens (including phenoxy) is 2. The Morgan fingerprint density at radius 1 is 1.25 bits per heavy atom. The van der Waals surface area contributed by atoms with Crippen LogP contribution in [0.2, 0.25) is 0 Å². The summed E-state index contributed by atoms with van der Waals surface area (Å²) in [4.78, 5) is 8.89. The number of thioether (sulfide) groups is 1. The fourth-order valence-electron chi connectivity index (χ4n) is 2.32. The number of methoxy groups -OCH3 is 2. The fourth-order valence-corrected chi connectivity index (χ4v) is 3.09. The zero-order valence-corrected chi connectivity index (χ0v) is 14.6. The average molecular weight is 345 g/mol. The molecule has 0 radical (unpaired) electrons. The molecule has 2 heterocycles. The molecule has 7 nitrogen and oxygen atoms in total. The molecule has 0 saturated carbocycles. The number of aromatic nitrogens is 5. The summed E-state index contributed by atoms with van der Waals surface area (Å²) in [6.07, 6.45) is 3.78. The number of H-pyrrole nitrogens is 1. The molecule has 3 aromatic rings. The zero-order valence-electron chi connectivity index (χ0n) is 13.8. The predicted octanol–water partition coefficient (Wildman–Crippen LogP) is 3.00. The molecule has 1 aromatic carbocycles. The van der Waals surface area contributed by atoms with Crippen LogP contribution in [0, 0.1) is 0 Å². The van der Waals surface area contributed by atoms with Crippen molar-refractivity contribution in [2.45, 2.75) is 24.4 Å². The van der Waals surface area contributed by atoms with Crippen LogP contribution >= 0.6 is 11.8 Å². The molecule has 0 amide bonds. The Hall–Kier alpha value is -2.48. The minimum Gasteiger partial charge on any atom is -0.497 e. The monoisotopic (exact) mass is 345 g/mol. The summed E-state index contributed by atoms with van der Waals surface area (Å²) in [5.74, 6) is 3.81. The van der Waals surface area contributed by atoms with Crippen molar-refractivity contribution in [3.05, 3.63) is 36.4 Å². The summed E-state index contributed by atoms with van der Waals surface area (Å²) in [5.41, 5.74) is 0.840. The van der Waals surface area contributed by atoms with Crippen LogP contribution in [-0.2, 0) is 12.3 Å². The van der Waals surface area contributed by atoms with Crippen molar-refractivity contribution in [2.75, 3.05) is 14.2 Å². The Kier molecular flexibility index (Phi) is 5.05. The molecule has 0 saturated heterocycles. The lowest BCUT2D eigenvalue weighted by molar-refractivity contribution is 0.395. The fraction of sp³-hybridized carbons (Fsp3) is 0.312. The van der Waals surface area contributed by atoms with Crippen LogP contribution in [-0.4, -0.2) is 39.0 Å². The lowest BCUT2D eigenvalue weighted by Crippen LogP contribution is -1.99. The van der Waals surface area contributed by atoms with E-state index in [9.17, 15) is 0 Å². The molecule has 8 heteroatoms. The van der Waals surface area contributed by atoms with E-state index in [0.29, 0.717) is 16.7 Å². The molecule has 126 valence electrons. The van der Waals surface area contributed by atoms with Crippen molar-refractivity contribution in [3.63, 3.8) is 0 Å². The molecule has 0 aliphatic rings. The normalized spacial score (nSPS) is 10.8. The van der Waals surface area contributed by atoms with Gasteiger partial charge in [0.15, 0.2) is 5.82 Å². The van der Waals surface area contributed by atoms with Gasteiger partial charge in [-0.15, -0.1) is 5.10 Å². The molecule has 0 bridgehead atoms. The second-order valence-electron chi connectivity index (χ2n) is 4.95. The van der Waals surface area contributed by atoms with E-state index < -0.39 is 0 Å². The van der Waals surface area contributed by atoms with Gasteiger partial charge in [0.25, 0.3) is 0 Å². The third-order valence-electron chi connectivity index (χ3n) is 3.60. The van der Waals surface area contributed by atoms with Gasteiger partial charge in [-0.3, -0.25) is 5.10 Å². The average Bonchev–Trinajstić information content (AvgIpc) is 3.28. The molecule has 0 spiro atoms. The third-order valence-corrected chi connectivity index (χ3v) is 4.44. The molecular weight excluding hydrogens is 326 g/mol. The Bertz CT molecular complexity index is 814. The van der Waals surface area contributed by atoms with Gasteiger partial charge in [0.05, 0.1) is 25.5 Å². The maximum atomic E-state index is 5.41. The van der Waals surface area contributed by atoms with Gasteiger partial charge in [0, 0.05) is 25.0 Å². The zero-order chi connectivity index (χ0) is 16.9. The van der Waals surface area contributed by atoms with Crippen LogP contribution in [0.5, 0.6) is 11.5 Å². The molecule has 1 N–H and O–H groups in total. The second-order valence-corrected chi connectivity index (χ2v) is 5.89. The Morgan fingerprint density at radius 3 is 2.88 bits per heavy atom. The molecule has 2 aromatic heterocycles. The van der Waals surface area contributed by atoms with Gasteiger partial charge in [-0.25, -0.2) is 9.97 Å². The maximum absolute atomic E-state index is 5.41. The molecule has 0 aliphatic carbocycles. The summed E-state index contributed by atoms with van der Waals surface area (Å²) in [6.45, 7) is 2.99. The lowest BCUT2D eigenvalue weighted by Gasteiger charge is -2.07. The van der Waals surface area contributed by atoms with E-state index >= 15 is 0 Å². The van der Waals surface area contributed by atoms with E-state index in [4.69, 9.17) is 9.47 Å². The first kappa shape index (κ1) is 16.4. The quantitative estimate of drug-likeness (QED) is 0.663. The number of imidazole rings is 1. The highest BCUT2D eigenvalue weighted by atomic mass is 32.2. The van der Waals surface area contributed by atoms with Gasteiger partial charge in [-0.2, -0.15) is 0 Å². The molecule has 3 rings (SSSR count). The minimum absolute atomic E-state index is 0.663. The third kappa shape index (κ3) is 3.38. The van der Waals surface area contributed by atoms with Crippen molar-refractivity contribution < 1.29 is 9.47 Å². The van der Waals surface area contributed by atoms with Crippen LogP contribution in [0.1, 0.15) is 12.7 Å². The molecule has 0 atom stereocenters. The topological polar surface area (TPSA) is 77.9 Å². The van der Waals surface area contributed by atoms with Gasteiger partial charge < -0.3 is 14.0 Å². The first-order valence-electron chi connectivity index (χ1n) is 7.52. The van der Waals surface area contributed by atoms with E-state index in [1.807, 2.05) is 30.6 Å². The van der Waals surface area contributed by atoms with Gasteiger partial charge in [0.2, 0.25) is 5.16 Å². The van der Waals surface area contributed by atoms with Gasteiger partial charge >= 0.3 is 0 Å². The summed E-state index contributed by atoms with van der Waals surface area (Å²) in [5, 5.41) is 7.91. The Balaban J connectivity index is 1.76. The molecular formula is C16H19N5O2S. The summed E-state index contributed by atoms with van der Waals surface area (Å²) in [6, 6.07) is 5.59. The minimum atomic E-state index is 0.663. The van der Waals surface area contributed by atoms with Gasteiger partial charge in [0.1, 0.15) is 17.3 Å². The van der Waals surface area contributed by atoms with Crippen LogP contribution < -0.4 is 9.47 Å². The number of aromatic amines is 1. The summed E-state index contributed by atoms with van der Waals surface area (Å²) in [7, 11) is 3.24. The van der Waals surface area contributed by atoms with E-state index in [-0.39, 0.29) is 0 Å². The first-order chi connectivity index (χ1) is 11.7. The number of hydrogen-bond acceptors (Lipinski definition) is 6. The van der Waals surface area contributed by atoms with E-state index in [0.717, 1.165) is 29.4 Å². The standard InChI is InChI=1S/C16H19N5O2S/c1-4-21-8-7-17-14(21)10-24-16-18-15(19-20-16)12-6-5-11(22-2)9-13(12)23-3/h5-9H,4,10H2,1-3H3,(H,18,19,20). The molecule has 0 aliphatic heterocycles. The number of nitrogens with one attached hydrogen (secondary N) is 1. The SMILES string of the molecule is CCn1ccnc1CSc1n[nH]c(-c2ccc(OC)cc2OC)n1. The van der Waals surface area contributed by atoms with Gasteiger partial charge in [-0.05, 0) is 19.1 Å². The number of hydrogen-bond donors (Lipinski definition) is 1. The highest BCUT2D eigenvalue weighted by Gasteiger charge is 2.13. The predicted molar refractivity (Wildman–Crippen MR) is 92.4 cm³/mol. The van der Waals surface area contributed by atoms with Crippen LogP contribution in [0.15, 0.2) is 35.7 Å². The molecule has 24 heavy (non-hydrogen) atoms. The van der Waals surface area contributed by atoms with Crippen LogP contribution in [0.25, 0.3) is 11.4 Å². The largest absolute Gasteiger partial charge is 0.497 e. The van der Waals surface area contributed by atoms with Crippen molar-refractivity contribution in [1.82, 2.24) is 24.7 Å². The molecule has 0 unspecified atom stereocenters. The smallest absolute Gasteiger partial charge is 0.209 e. The van der Waals surface area contributed by atoms with Crippen LogP contribution in [0.4, 0.5) is 0 Å². The number of rotatable bonds is 7. The lowest BCUT2D eigenvalue weighted by atomic mass is 10.2. The number of benzene rings is 1. The van der Waals surface area contributed by atoms with Crippen molar-refractivity contribution >= 4 is 11.8 Å². The second kappa shape index (κ2) is 7.39. The summed E-state index contributed by atoms with van der Waals surface area (Å²) >= 11 is 1.54. The summed E-state index contributed by atoms with van der Waals surface area (Å²) < 4.78 is 12.7. The maximum Gasteiger partial charge on any atom is 0.209 e. The Labute approximate surface area is 144 Å². The first-order valence-corrected chi connectivity index (χ1v) is 8.51. The number of aryl methyl sites for hydroxylation is 1. The van der Waals surface area contributed by atoms with Gasteiger partial charge in [-0.1, -0.05) is 11.8 Å². The van der Waals surface area contributed by atoms with Crippen molar-refractivity contribution in [3.8, 4) is 22.9 Å². The molecule has 0 fully saturated rings. The van der Waals surface area contributed by atoms with Crippen molar-refractivity contribution in [2.24, 2.45) is 0 Å². The Morgan fingerprint density at radius 2 is 2.12 bits per heavy atom. The van der Waals surface area contributed by atoms with E-state index in [1.54, 1.807) is 26.0 Å². The van der Waals surface area contributed by atoms with Crippen molar-refractivity contribution in [1.29, 1.82) is 0 Å².